The van der Waals surface area contributed by atoms with Crippen molar-refractivity contribution < 1.29 is 21.0 Å². The van der Waals surface area contributed by atoms with Gasteiger partial charge in [-0.05, 0) is 19.1 Å². The Labute approximate surface area is 119 Å². The average molecular weight is 319 g/mol. The lowest BCUT2D eigenvalue weighted by Crippen LogP contribution is -2.26. The molecule has 112 valence electrons. The Balaban J connectivity index is 2.69. The van der Waals surface area contributed by atoms with Crippen LogP contribution in [-0.2, 0) is 24.1 Å². The van der Waals surface area contributed by atoms with Gasteiger partial charge in [-0.3, -0.25) is 4.18 Å². The molecule has 0 heterocycles. The van der Waals surface area contributed by atoms with Crippen molar-refractivity contribution in [3.8, 4) is 0 Å². The van der Waals surface area contributed by atoms with Gasteiger partial charge < -0.3 is 5.73 Å². The molecule has 0 radical (unpaired) electrons. The first-order valence-electron chi connectivity index (χ1n) is 5.70. The van der Waals surface area contributed by atoms with Crippen LogP contribution < -0.4 is 5.73 Å². The molecule has 0 aliphatic heterocycles. The summed E-state index contributed by atoms with van der Waals surface area (Å²) < 4.78 is 50.2. The van der Waals surface area contributed by atoms with Crippen molar-refractivity contribution in [3.05, 3.63) is 41.3 Å². The van der Waals surface area contributed by atoms with Gasteiger partial charge in [-0.15, -0.1) is 0 Å². The summed E-state index contributed by atoms with van der Waals surface area (Å²) >= 11 is 0. The standard InChI is InChI=1S/C12H17NO5S2/c1-10-3-5-12(6-4-10)20(16,17)18-9-11(13)7-8-19(2,14)15/h3-8,11H,9,13H2,1-2H3/b8-7-/t11-/m0/s1. The monoisotopic (exact) mass is 319 g/mol. The van der Waals surface area contributed by atoms with Crippen LogP contribution in [0.25, 0.3) is 0 Å². The summed E-state index contributed by atoms with van der Waals surface area (Å²) in [7, 11) is -7.18. The number of nitrogens with two attached hydrogens (primary N) is 1. The number of benzene rings is 1. The molecule has 0 aliphatic carbocycles. The van der Waals surface area contributed by atoms with E-state index in [-0.39, 0.29) is 11.5 Å². The van der Waals surface area contributed by atoms with Gasteiger partial charge in [0.25, 0.3) is 10.1 Å². The smallest absolute Gasteiger partial charge is 0.297 e. The van der Waals surface area contributed by atoms with Crippen LogP contribution in [0.1, 0.15) is 5.56 Å². The molecule has 1 atom stereocenters. The fourth-order valence-corrected chi connectivity index (χ4v) is 2.67. The lowest BCUT2D eigenvalue weighted by atomic mass is 10.2. The van der Waals surface area contributed by atoms with Crippen molar-refractivity contribution >= 4 is 20.0 Å². The molecule has 0 bridgehead atoms. The number of sulfone groups is 1. The predicted molar refractivity (Wildman–Crippen MR) is 76.3 cm³/mol. The van der Waals surface area contributed by atoms with Gasteiger partial charge in [0, 0.05) is 17.7 Å². The molecule has 0 aliphatic rings. The van der Waals surface area contributed by atoms with Crippen LogP contribution in [0.4, 0.5) is 0 Å². The Morgan fingerprint density at radius 2 is 1.75 bits per heavy atom. The van der Waals surface area contributed by atoms with E-state index in [1.54, 1.807) is 12.1 Å². The first kappa shape index (κ1) is 16.8. The summed E-state index contributed by atoms with van der Waals surface area (Å²) in [6, 6.07) is 5.34. The SMILES string of the molecule is Cc1ccc(S(=O)(=O)OC[C@@H](N)/C=C\S(C)(=O)=O)cc1. The maximum Gasteiger partial charge on any atom is 0.297 e. The minimum absolute atomic E-state index is 0.0300. The van der Waals surface area contributed by atoms with Gasteiger partial charge in [-0.2, -0.15) is 8.42 Å². The lowest BCUT2D eigenvalue weighted by Gasteiger charge is -2.08. The van der Waals surface area contributed by atoms with Crippen LogP contribution in [0.15, 0.2) is 40.6 Å². The van der Waals surface area contributed by atoms with Gasteiger partial charge in [0.1, 0.15) is 0 Å². The molecule has 0 fully saturated rings. The third-order valence-electron chi connectivity index (χ3n) is 2.30. The van der Waals surface area contributed by atoms with Crippen molar-refractivity contribution in [2.45, 2.75) is 17.9 Å². The highest BCUT2D eigenvalue weighted by atomic mass is 32.2. The van der Waals surface area contributed by atoms with E-state index in [9.17, 15) is 16.8 Å². The Kier molecular flexibility index (Phi) is 5.46. The fraction of sp³-hybridized carbons (Fsp3) is 0.333. The normalized spacial score (nSPS) is 14.6. The molecule has 20 heavy (non-hydrogen) atoms. The summed E-state index contributed by atoms with van der Waals surface area (Å²) in [6.45, 7) is 1.51. The third-order valence-corrected chi connectivity index (χ3v) is 4.25. The zero-order valence-electron chi connectivity index (χ0n) is 11.2. The van der Waals surface area contributed by atoms with Gasteiger partial charge >= 0.3 is 0 Å². The second-order valence-electron chi connectivity index (χ2n) is 4.37. The second kappa shape index (κ2) is 6.49. The van der Waals surface area contributed by atoms with Crippen molar-refractivity contribution in [1.82, 2.24) is 0 Å². The van der Waals surface area contributed by atoms with Crippen LogP contribution in [-0.4, -0.2) is 35.7 Å². The second-order valence-corrected chi connectivity index (χ2v) is 7.92. The number of aryl methyl sites for hydroxylation is 1. The topological polar surface area (TPSA) is 104 Å². The molecule has 0 unspecified atom stereocenters. The van der Waals surface area contributed by atoms with Crippen LogP contribution in [0.5, 0.6) is 0 Å². The molecule has 0 aromatic heterocycles. The van der Waals surface area contributed by atoms with Gasteiger partial charge in [-0.25, -0.2) is 8.42 Å². The van der Waals surface area contributed by atoms with Gasteiger partial charge in [0.2, 0.25) is 0 Å². The molecule has 8 heteroatoms. The van der Waals surface area contributed by atoms with Crippen LogP contribution in [0.3, 0.4) is 0 Å². The van der Waals surface area contributed by atoms with E-state index in [4.69, 9.17) is 9.92 Å². The Morgan fingerprint density at radius 1 is 1.20 bits per heavy atom. The molecule has 1 rings (SSSR count). The molecule has 0 saturated carbocycles. The van der Waals surface area contributed by atoms with Crippen molar-refractivity contribution in [2.75, 3.05) is 12.9 Å². The number of hydrogen-bond donors (Lipinski definition) is 1. The first-order valence-corrected chi connectivity index (χ1v) is 9.06. The summed E-state index contributed by atoms with van der Waals surface area (Å²) in [6.07, 6.45) is 2.19. The summed E-state index contributed by atoms with van der Waals surface area (Å²) in [4.78, 5) is 0.0300. The predicted octanol–water partition coefficient (Wildman–Crippen LogP) is 0.586. The highest BCUT2D eigenvalue weighted by Crippen LogP contribution is 2.13. The molecule has 2 N–H and O–H groups in total. The summed E-state index contributed by atoms with van der Waals surface area (Å²) in [5.74, 6) is 0. The maximum atomic E-state index is 11.8. The first-order chi connectivity index (χ1) is 9.10. The largest absolute Gasteiger partial charge is 0.322 e. The van der Waals surface area contributed by atoms with E-state index in [0.29, 0.717) is 0 Å². The quantitative estimate of drug-likeness (QED) is 0.770. The average Bonchev–Trinajstić information content (AvgIpc) is 2.34. The Morgan fingerprint density at radius 3 is 2.25 bits per heavy atom. The maximum absolute atomic E-state index is 11.8. The minimum atomic E-state index is -3.89. The Bertz CT molecular complexity index is 675. The van der Waals surface area contributed by atoms with E-state index >= 15 is 0 Å². The number of hydrogen-bond acceptors (Lipinski definition) is 6. The molecule has 0 amide bonds. The van der Waals surface area contributed by atoms with Crippen LogP contribution >= 0.6 is 0 Å². The van der Waals surface area contributed by atoms with Gasteiger partial charge in [-0.1, -0.05) is 23.8 Å². The molecule has 6 nitrogen and oxygen atoms in total. The molecule has 1 aromatic rings. The van der Waals surface area contributed by atoms with E-state index < -0.39 is 26.0 Å². The van der Waals surface area contributed by atoms with Crippen molar-refractivity contribution in [1.29, 1.82) is 0 Å². The number of rotatable bonds is 6. The Hall–Kier alpha value is -1.22. The molecular weight excluding hydrogens is 302 g/mol. The molecule has 0 saturated heterocycles. The van der Waals surface area contributed by atoms with Crippen molar-refractivity contribution in [2.24, 2.45) is 5.73 Å². The highest BCUT2D eigenvalue weighted by Gasteiger charge is 2.16. The molecule has 1 aromatic carbocycles. The summed E-state index contributed by atoms with van der Waals surface area (Å²) in [5, 5.41) is 0.916. The zero-order chi connectivity index (χ0) is 15.4. The van der Waals surface area contributed by atoms with E-state index in [1.165, 1.54) is 18.2 Å². The van der Waals surface area contributed by atoms with Gasteiger partial charge in [0.05, 0.1) is 11.5 Å². The fourth-order valence-electron chi connectivity index (χ4n) is 1.24. The lowest BCUT2D eigenvalue weighted by molar-refractivity contribution is 0.308. The third kappa shape index (κ3) is 5.83. The zero-order valence-corrected chi connectivity index (χ0v) is 12.8. The van der Waals surface area contributed by atoms with Gasteiger partial charge in [0.15, 0.2) is 9.84 Å². The van der Waals surface area contributed by atoms with Crippen LogP contribution in [0.2, 0.25) is 0 Å². The highest BCUT2D eigenvalue weighted by molar-refractivity contribution is 7.93. The summed E-state index contributed by atoms with van der Waals surface area (Å²) in [5.41, 5.74) is 6.48. The van der Waals surface area contributed by atoms with E-state index in [2.05, 4.69) is 0 Å². The van der Waals surface area contributed by atoms with Crippen molar-refractivity contribution in [3.63, 3.8) is 0 Å². The molecular formula is C12H17NO5S2. The van der Waals surface area contributed by atoms with E-state index in [1.807, 2.05) is 6.92 Å². The van der Waals surface area contributed by atoms with E-state index in [0.717, 1.165) is 17.2 Å². The minimum Gasteiger partial charge on any atom is -0.322 e. The molecule has 0 spiro atoms. The van der Waals surface area contributed by atoms with Crippen LogP contribution in [0, 0.1) is 6.92 Å².